The topological polar surface area (TPSA) is 63.0 Å². The molecule has 0 saturated heterocycles. The van der Waals surface area contributed by atoms with Crippen molar-refractivity contribution in [2.24, 2.45) is 0 Å². The van der Waals surface area contributed by atoms with Crippen molar-refractivity contribution in [2.75, 3.05) is 6.61 Å². The average molecular weight is 252 g/mol. The van der Waals surface area contributed by atoms with Crippen LogP contribution in [0.5, 0.6) is 0 Å². The Balaban J connectivity index is 1.80. The van der Waals surface area contributed by atoms with Gasteiger partial charge < -0.3 is 10.4 Å². The molecule has 0 saturated carbocycles. The summed E-state index contributed by atoms with van der Waals surface area (Å²) in [7, 11) is 0. The molecule has 6 heteroatoms. The zero-order chi connectivity index (χ0) is 12.1. The number of hydrogen-bond donors (Lipinski definition) is 2. The summed E-state index contributed by atoms with van der Waals surface area (Å²) in [6.07, 6.45) is 1.85. The molecule has 17 heavy (non-hydrogen) atoms. The van der Waals surface area contributed by atoms with E-state index >= 15 is 0 Å². The molecule has 0 aliphatic carbocycles. The van der Waals surface area contributed by atoms with Gasteiger partial charge in [0.25, 0.3) is 0 Å². The van der Waals surface area contributed by atoms with Crippen molar-refractivity contribution >= 4 is 11.3 Å². The summed E-state index contributed by atoms with van der Waals surface area (Å²) in [4.78, 5) is 1.35. The Hall–Kier alpha value is -1.24. The summed E-state index contributed by atoms with van der Waals surface area (Å²) in [5.41, 5.74) is 2.22. The van der Waals surface area contributed by atoms with E-state index in [1.807, 2.05) is 6.20 Å². The van der Waals surface area contributed by atoms with Crippen molar-refractivity contribution in [3.63, 3.8) is 0 Å². The molecular weight excluding hydrogens is 236 g/mol. The second kappa shape index (κ2) is 5.90. The van der Waals surface area contributed by atoms with Crippen LogP contribution in [0.25, 0.3) is 0 Å². The molecule has 0 atom stereocenters. The predicted octanol–water partition coefficient (Wildman–Crippen LogP) is 0.930. The summed E-state index contributed by atoms with van der Waals surface area (Å²) in [5, 5.41) is 22.1. The first kappa shape index (κ1) is 12.2. The Kier molecular flexibility index (Phi) is 4.24. The van der Waals surface area contributed by atoms with Gasteiger partial charge in [-0.05, 0) is 23.9 Å². The van der Waals surface area contributed by atoms with E-state index in [-0.39, 0.29) is 6.61 Å². The Morgan fingerprint density at radius 2 is 2.35 bits per heavy atom. The normalized spacial score (nSPS) is 10.9. The van der Waals surface area contributed by atoms with Crippen molar-refractivity contribution in [3.05, 3.63) is 33.8 Å². The van der Waals surface area contributed by atoms with Crippen LogP contribution in [0.3, 0.4) is 0 Å². The van der Waals surface area contributed by atoms with Crippen LogP contribution in [0.1, 0.15) is 16.1 Å². The molecule has 5 nitrogen and oxygen atoms in total. The number of aromatic nitrogens is 3. The van der Waals surface area contributed by atoms with Crippen LogP contribution in [-0.2, 0) is 19.6 Å². The largest absolute Gasteiger partial charge is 0.394 e. The number of thiophene rings is 1. The van der Waals surface area contributed by atoms with Gasteiger partial charge in [-0.2, -0.15) is 0 Å². The quantitative estimate of drug-likeness (QED) is 0.803. The van der Waals surface area contributed by atoms with Crippen LogP contribution >= 0.6 is 11.3 Å². The minimum absolute atomic E-state index is 0.0879. The molecule has 2 aromatic rings. The maximum Gasteiger partial charge on any atom is 0.0964 e. The molecule has 0 unspecified atom stereocenters. The molecule has 0 fully saturated rings. The van der Waals surface area contributed by atoms with E-state index in [1.165, 1.54) is 10.4 Å². The highest BCUT2D eigenvalue weighted by Gasteiger charge is 2.02. The van der Waals surface area contributed by atoms with Crippen LogP contribution < -0.4 is 5.32 Å². The van der Waals surface area contributed by atoms with Gasteiger partial charge in [0.1, 0.15) is 0 Å². The molecule has 92 valence electrons. The third-order valence-corrected chi connectivity index (χ3v) is 3.50. The Morgan fingerprint density at radius 1 is 1.47 bits per heavy atom. The van der Waals surface area contributed by atoms with E-state index in [4.69, 9.17) is 5.11 Å². The third-order valence-electron chi connectivity index (χ3n) is 2.48. The van der Waals surface area contributed by atoms with E-state index < -0.39 is 0 Å². The number of hydrogen-bond acceptors (Lipinski definition) is 5. The summed E-state index contributed by atoms with van der Waals surface area (Å²) in [5.74, 6) is 0. The van der Waals surface area contributed by atoms with Crippen LogP contribution in [0.4, 0.5) is 0 Å². The SMILES string of the molecule is Cc1ccsc1CNCc1cn(CCO)nn1. The number of nitrogens with zero attached hydrogens (tertiary/aromatic N) is 3. The molecule has 0 aliphatic heterocycles. The zero-order valence-electron chi connectivity index (χ0n) is 9.76. The fraction of sp³-hybridized carbons (Fsp3) is 0.455. The first-order valence-electron chi connectivity index (χ1n) is 5.53. The number of aliphatic hydroxyl groups excluding tert-OH is 1. The van der Waals surface area contributed by atoms with Gasteiger partial charge in [0.15, 0.2) is 0 Å². The molecule has 0 amide bonds. The summed E-state index contributed by atoms with van der Waals surface area (Å²) in [6, 6.07) is 2.12. The Labute approximate surface area is 104 Å². The maximum absolute atomic E-state index is 8.76. The molecule has 0 aliphatic rings. The maximum atomic E-state index is 8.76. The van der Waals surface area contributed by atoms with Crippen molar-refractivity contribution < 1.29 is 5.11 Å². The number of aliphatic hydroxyl groups is 1. The molecule has 2 heterocycles. The highest BCUT2D eigenvalue weighted by molar-refractivity contribution is 7.10. The monoisotopic (exact) mass is 252 g/mol. The number of nitrogens with one attached hydrogen (secondary N) is 1. The molecule has 0 radical (unpaired) electrons. The second-order valence-corrected chi connectivity index (χ2v) is 4.83. The van der Waals surface area contributed by atoms with Gasteiger partial charge in [0.2, 0.25) is 0 Å². The first-order chi connectivity index (χ1) is 8.29. The lowest BCUT2D eigenvalue weighted by molar-refractivity contribution is 0.268. The summed E-state index contributed by atoms with van der Waals surface area (Å²) in [6.45, 7) is 4.26. The number of rotatable bonds is 6. The predicted molar refractivity (Wildman–Crippen MR) is 66.7 cm³/mol. The lowest BCUT2D eigenvalue weighted by atomic mass is 10.3. The van der Waals surface area contributed by atoms with E-state index in [2.05, 4.69) is 34.0 Å². The lowest BCUT2D eigenvalue weighted by Gasteiger charge is -2.01. The highest BCUT2D eigenvalue weighted by atomic mass is 32.1. The minimum Gasteiger partial charge on any atom is -0.394 e. The highest BCUT2D eigenvalue weighted by Crippen LogP contribution is 2.14. The molecule has 0 bridgehead atoms. The van der Waals surface area contributed by atoms with Gasteiger partial charge in [0, 0.05) is 24.2 Å². The third kappa shape index (κ3) is 3.36. The van der Waals surface area contributed by atoms with Crippen LogP contribution in [-0.4, -0.2) is 26.7 Å². The molecule has 2 N–H and O–H groups in total. The van der Waals surface area contributed by atoms with Crippen molar-refractivity contribution in [1.82, 2.24) is 20.3 Å². The molecule has 0 aromatic carbocycles. The first-order valence-corrected chi connectivity index (χ1v) is 6.41. The van der Waals surface area contributed by atoms with Crippen molar-refractivity contribution in [3.8, 4) is 0 Å². The van der Waals surface area contributed by atoms with Crippen LogP contribution in [0, 0.1) is 6.92 Å². The van der Waals surface area contributed by atoms with Gasteiger partial charge >= 0.3 is 0 Å². The smallest absolute Gasteiger partial charge is 0.0964 e. The lowest BCUT2D eigenvalue weighted by Crippen LogP contribution is -2.12. The summed E-state index contributed by atoms with van der Waals surface area (Å²) < 4.78 is 1.65. The van der Waals surface area contributed by atoms with E-state index in [9.17, 15) is 0 Å². The Bertz CT molecular complexity index is 465. The van der Waals surface area contributed by atoms with E-state index in [0.29, 0.717) is 13.1 Å². The van der Waals surface area contributed by atoms with Gasteiger partial charge in [0.05, 0.1) is 18.8 Å². The zero-order valence-corrected chi connectivity index (χ0v) is 10.6. The molecule has 2 aromatic heterocycles. The fourth-order valence-electron chi connectivity index (χ4n) is 1.52. The van der Waals surface area contributed by atoms with E-state index in [1.54, 1.807) is 16.0 Å². The van der Waals surface area contributed by atoms with Gasteiger partial charge in [-0.25, -0.2) is 4.68 Å². The molecule has 2 rings (SSSR count). The van der Waals surface area contributed by atoms with E-state index in [0.717, 1.165) is 12.2 Å². The minimum atomic E-state index is 0.0879. The van der Waals surface area contributed by atoms with Gasteiger partial charge in [-0.3, -0.25) is 0 Å². The standard InChI is InChI=1S/C11H16N4OS/c1-9-2-5-17-11(9)7-12-6-10-8-15(3-4-16)14-13-10/h2,5,8,12,16H,3-4,6-7H2,1H3. The van der Waals surface area contributed by atoms with Gasteiger partial charge in [-0.1, -0.05) is 5.21 Å². The van der Waals surface area contributed by atoms with Gasteiger partial charge in [-0.15, -0.1) is 16.4 Å². The van der Waals surface area contributed by atoms with Crippen LogP contribution in [0.15, 0.2) is 17.6 Å². The Morgan fingerprint density at radius 3 is 3.06 bits per heavy atom. The second-order valence-electron chi connectivity index (χ2n) is 3.83. The van der Waals surface area contributed by atoms with Crippen molar-refractivity contribution in [1.29, 1.82) is 0 Å². The average Bonchev–Trinajstić information content (AvgIpc) is 2.90. The molecular formula is C11H16N4OS. The molecule has 0 spiro atoms. The fourth-order valence-corrected chi connectivity index (χ4v) is 2.40. The van der Waals surface area contributed by atoms with Crippen molar-refractivity contribution in [2.45, 2.75) is 26.6 Å². The van der Waals surface area contributed by atoms with Crippen LogP contribution in [0.2, 0.25) is 0 Å². The number of aryl methyl sites for hydroxylation is 1. The summed E-state index contributed by atoms with van der Waals surface area (Å²) >= 11 is 1.76.